The summed E-state index contributed by atoms with van der Waals surface area (Å²) in [4.78, 5) is 9.97. The molecule has 0 aromatic carbocycles. The van der Waals surface area contributed by atoms with Crippen molar-refractivity contribution >= 4 is 5.97 Å². The second-order valence-electron chi connectivity index (χ2n) is 2.71. The molecule has 1 aromatic rings. The molecule has 14 heavy (non-hydrogen) atoms. The molecule has 0 radical (unpaired) electrons. The Morgan fingerprint density at radius 1 is 1.71 bits per heavy atom. The van der Waals surface area contributed by atoms with Crippen molar-refractivity contribution in [1.82, 2.24) is 0 Å². The molecule has 0 bridgehead atoms. The van der Waals surface area contributed by atoms with Crippen LogP contribution in [0.15, 0.2) is 35.5 Å². The van der Waals surface area contributed by atoms with E-state index in [-0.39, 0.29) is 5.76 Å². The smallest absolute Gasteiger partial charge is 0.371 e. The Kier molecular flexibility index (Phi) is 7.23. The summed E-state index contributed by atoms with van der Waals surface area (Å²) in [5.74, 6) is -1.06. The first-order valence-electron chi connectivity index (χ1n) is 4.60. The minimum Gasteiger partial charge on any atom is -0.475 e. The van der Waals surface area contributed by atoms with E-state index in [4.69, 9.17) is 5.11 Å². The largest absolute Gasteiger partial charge is 0.475 e. The van der Waals surface area contributed by atoms with Gasteiger partial charge in [-0.05, 0) is 18.6 Å². The van der Waals surface area contributed by atoms with Gasteiger partial charge >= 0.3 is 5.97 Å². The number of hydrogen-bond donors (Lipinski definition) is 1. The van der Waals surface area contributed by atoms with Crippen molar-refractivity contribution in [2.45, 2.75) is 26.2 Å². The predicted molar refractivity (Wildman–Crippen MR) is 55.4 cm³/mol. The highest BCUT2D eigenvalue weighted by Crippen LogP contribution is 1.97. The van der Waals surface area contributed by atoms with Crippen LogP contribution in [-0.4, -0.2) is 11.1 Å². The summed E-state index contributed by atoms with van der Waals surface area (Å²) < 4.78 is 4.50. The van der Waals surface area contributed by atoms with Crippen LogP contribution in [0.2, 0.25) is 0 Å². The molecule has 78 valence electrons. The van der Waals surface area contributed by atoms with Crippen LogP contribution < -0.4 is 0 Å². The summed E-state index contributed by atoms with van der Waals surface area (Å²) in [5, 5.41) is 8.18. The summed E-state index contributed by atoms with van der Waals surface area (Å²) in [6, 6.07) is 2.92. The highest BCUT2D eigenvalue weighted by atomic mass is 16.4. The fourth-order valence-corrected chi connectivity index (χ4v) is 0.749. The van der Waals surface area contributed by atoms with Gasteiger partial charge in [-0.2, -0.15) is 0 Å². The first kappa shape index (κ1) is 12.5. The van der Waals surface area contributed by atoms with Gasteiger partial charge in [0.2, 0.25) is 5.76 Å². The van der Waals surface area contributed by atoms with Gasteiger partial charge in [0.05, 0.1) is 6.26 Å². The molecule has 0 amide bonds. The monoisotopic (exact) mass is 196 g/mol. The predicted octanol–water partition coefficient (Wildman–Crippen LogP) is 3.34. The zero-order valence-electron chi connectivity index (χ0n) is 8.40. The fourth-order valence-electron chi connectivity index (χ4n) is 0.749. The molecular formula is C11H16O3. The Morgan fingerprint density at radius 2 is 2.43 bits per heavy atom. The molecule has 0 atom stereocenters. The van der Waals surface area contributed by atoms with E-state index >= 15 is 0 Å². The van der Waals surface area contributed by atoms with Gasteiger partial charge in [0, 0.05) is 0 Å². The molecule has 1 rings (SSSR count). The lowest BCUT2D eigenvalue weighted by Crippen LogP contribution is -1.90. The molecule has 0 saturated carbocycles. The maximum Gasteiger partial charge on any atom is 0.371 e. The zero-order chi connectivity index (χ0) is 10.8. The van der Waals surface area contributed by atoms with Crippen LogP contribution in [0, 0.1) is 0 Å². The van der Waals surface area contributed by atoms with E-state index in [9.17, 15) is 4.79 Å². The molecule has 0 aliphatic carbocycles. The molecular weight excluding hydrogens is 180 g/mol. The standard InChI is InChI=1S/C6H12.C5H4O3/c1-3-5-6-4-2;6-5(7)4-2-1-3-8-4/h3H,1,4-6H2,2H3;1-3H,(H,6,7). The van der Waals surface area contributed by atoms with Crippen LogP contribution >= 0.6 is 0 Å². The minimum atomic E-state index is -1.03. The molecule has 3 heteroatoms. The van der Waals surface area contributed by atoms with E-state index in [2.05, 4.69) is 17.9 Å². The van der Waals surface area contributed by atoms with Crippen LogP contribution in [-0.2, 0) is 0 Å². The van der Waals surface area contributed by atoms with E-state index < -0.39 is 5.97 Å². The number of carboxylic acids is 1. The Morgan fingerprint density at radius 3 is 2.64 bits per heavy atom. The van der Waals surface area contributed by atoms with E-state index in [1.54, 1.807) is 0 Å². The second kappa shape index (κ2) is 8.10. The molecule has 1 heterocycles. The summed E-state index contributed by atoms with van der Waals surface area (Å²) in [7, 11) is 0. The molecule has 3 nitrogen and oxygen atoms in total. The van der Waals surface area contributed by atoms with Gasteiger partial charge < -0.3 is 9.52 Å². The number of hydrogen-bond acceptors (Lipinski definition) is 2. The third-order valence-corrected chi connectivity index (χ3v) is 1.49. The normalized spacial score (nSPS) is 8.64. The molecule has 0 aliphatic heterocycles. The summed E-state index contributed by atoms with van der Waals surface area (Å²) in [6.45, 7) is 5.78. The average Bonchev–Trinajstić information content (AvgIpc) is 2.68. The highest BCUT2D eigenvalue weighted by Gasteiger charge is 2.01. The SMILES string of the molecule is C=CCCCC.O=C(O)c1ccco1. The molecule has 1 aromatic heterocycles. The lowest BCUT2D eigenvalue weighted by atomic mass is 10.3. The topological polar surface area (TPSA) is 50.4 Å². The Hall–Kier alpha value is -1.51. The lowest BCUT2D eigenvalue weighted by Gasteiger charge is -1.81. The number of aromatic carboxylic acids is 1. The first-order valence-corrected chi connectivity index (χ1v) is 4.60. The van der Waals surface area contributed by atoms with E-state index in [0.29, 0.717) is 0 Å². The Bertz CT molecular complexity index is 250. The summed E-state index contributed by atoms with van der Waals surface area (Å²) in [5.41, 5.74) is 0. The van der Waals surface area contributed by atoms with Crippen molar-refractivity contribution in [3.05, 3.63) is 36.8 Å². The van der Waals surface area contributed by atoms with Gasteiger partial charge in [0.1, 0.15) is 0 Å². The molecule has 0 spiro atoms. The van der Waals surface area contributed by atoms with Gasteiger partial charge in [-0.1, -0.05) is 25.8 Å². The molecule has 0 saturated heterocycles. The molecule has 0 fully saturated rings. The van der Waals surface area contributed by atoms with Gasteiger partial charge in [-0.15, -0.1) is 6.58 Å². The third-order valence-electron chi connectivity index (χ3n) is 1.49. The number of furan rings is 1. The molecule has 0 unspecified atom stereocenters. The number of unbranched alkanes of at least 4 members (excludes halogenated alkanes) is 2. The summed E-state index contributed by atoms with van der Waals surface area (Å²) in [6.07, 6.45) is 7.04. The molecule has 1 N–H and O–H groups in total. The van der Waals surface area contributed by atoms with Crippen LogP contribution in [0.3, 0.4) is 0 Å². The van der Waals surface area contributed by atoms with Gasteiger partial charge in [0.25, 0.3) is 0 Å². The minimum absolute atomic E-state index is 0.0231. The van der Waals surface area contributed by atoms with E-state index in [1.807, 2.05) is 6.08 Å². The Balaban J connectivity index is 0.000000255. The second-order valence-corrected chi connectivity index (χ2v) is 2.71. The van der Waals surface area contributed by atoms with Crippen molar-refractivity contribution < 1.29 is 14.3 Å². The first-order chi connectivity index (χ1) is 6.72. The number of carboxylic acid groups (broad SMARTS) is 1. The highest BCUT2D eigenvalue weighted by molar-refractivity contribution is 5.84. The van der Waals surface area contributed by atoms with E-state index in [0.717, 1.165) is 0 Å². The lowest BCUT2D eigenvalue weighted by molar-refractivity contribution is 0.0662. The van der Waals surface area contributed by atoms with Crippen LogP contribution in [0.4, 0.5) is 0 Å². The van der Waals surface area contributed by atoms with Gasteiger partial charge in [-0.25, -0.2) is 4.79 Å². The van der Waals surface area contributed by atoms with Crippen LogP contribution in [0.1, 0.15) is 36.7 Å². The maximum absolute atomic E-state index is 9.97. The third kappa shape index (κ3) is 6.06. The van der Waals surface area contributed by atoms with Crippen molar-refractivity contribution in [2.24, 2.45) is 0 Å². The van der Waals surface area contributed by atoms with E-state index in [1.165, 1.54) is 37.7 Å². The van der Waals surface area contributed by atoms with Crippen molar-refractivity contribution in [2.75, 3.05) is 0 Å². The van der Waals surface area contributed by atoms with Crippen LogP contribution in [0.5, 0.6) is 0 Å². The van der Waals surface area contributed by atoms with Gasteiger partial charge in [-0.3, -0.25) is 0 Å². The zero-order valence-corrected chi connectivity index (χ0v) is 8.40. The number of carbonyl (C=O) groups is 1. The van der Waals surface area contributed by atoms with Crippen molar-refractivity contribution in [3.63, 3.8) is 0 Å². The van der Waals surface area contributed by atoms with Gasteiger partial charge in [0.15, 0.2) is 0 Å². The van der Waals surface area contributed by atoms with Crippen molar-refractivity contribution in [3.8, 4) is 0 Å². The Labute approximate surface area is 84.1 Å². The van der Waals surface area contributed by atoms with Crippen molar-refractivity contribution in [1.29, 1.82) is 0 Å². The average molecular weight is 196 g/mol. The fraction of sp³-hybridized carbons (Fsp3) is 0.364. The molecule has 0 aliphatic rings. The van der Waals surface area contributed by atoms with Crippen LogP contribution in [0.25, 0.3) is 0 Å². The quantitative estimate of drug-likeness (QED) is 0.593. The number of rotatable bonds is 4. The maximum atomic E-state index is 9.97. The number of allylic oxidation sites excluding steroid dienone is 1. The summed E-state index contributed by atoms with van der Waals surface area (Å²) >= 11 is 0.